The van der Waals surface area contributed by atoms with Crippen molar-refractivity contribution in [2.75, 3.05) is 19.6 Å². The number of guanidine groups is 1. The maximum absolute atomic E-state index is 6.01. The van der Waals surface area contributed by atoms with E-state index in [-0.39, 0.29) is 0 Å². The van der Waals surface area contributed by atoms with Gasteiger partial charge in [-0.1, -0.05) is 35.0 Å². The van der Waals surface area contributed by atoms with Gasteiger partial charge in [-0.15, -0.1) is 0 Å². The lowest BCUT2D eigenvalue weighted by Gasteiger charge is -2.10. The van der Waals surface area contributed by atoms with Gasteiger partial charge in [0.2, 0.25) is 11.7 Å². The zero-order chi connectivity index (χ0) is 19.6. The van der Waals surface area contributed by atoms with E-state index >= 15 is 0 Å². The molecule has 0 atom stereocenters. The topological polar surface area (TPSA) is 88.2 Å². The van der Waals surface area contributed by atoms with Crippen molar-refractivity contribution in [2.24, 2.45) is 4.99 Å². The Morgan fingerprint density at radius 3 is 2.86 bits per heavy atom. The maximum atomic E-state index is 6.01. The Bertz CT molecular complexity index is 896. The molecule has 0 amide bonds. The Morgan fingerprint density at radius 2 is 2.07 bits per heavy atom. The maximum Gasteiger partial charge on any atom is 0.228 e. The summed E-state index contributed by atoms with van der Waals surface area (Å²) in [5.74, 6) is 1.83. The van der Waals surface area contributed by atoms with Gasteiger partial charge in [-0.3, -0.25) is 9.98 Å². The van der Waals surface area contributed by atoms with Crippen LogP contribution in [0.4, 0.5) is 0 Å². The number of hydrogen-bond donors (Lipinski definition) is 2. The van der Waals surface area contributed by atoms with Crippen molar-refractivity contribution in [3.8, 4) is 11.4 Å². The number of hydrogen-bond acceptors (Lipinski definition) is 5. The van der Waals surface area contributed by atoms with Crippen LogP contribution in [0.1, 0.15) is 18.5 Å². The standard InChI is InChI=1S/C20H23ClN6O/c1-2-22-20(24-12-9-17-8-3-4-11-23-17)25-13-10-18-26-19(27-28-18)15-6-5-7-16(21)14-15/h3-8,11,14H,2,9-10,12-13H2,1H3,(H2,22,24,25). The fraction of sp³-hybridized carbons (Fsp3) is 0.300. The van der Waals surface area contributed by atoms with Gasteiger partial charge in [0.1, 0.15) is 0 Å². The van der Waals surface area contributed by atoms with Gasteiger partial charge in [0, 0.05) is 48.4 Å². The minimum Gasteiger partial charge on any atom is -0.357 e. The van der Waals surface area contributed by atoms with Crippen LogP contribution in [0.5, 0.6) is 0 Å². The van der Waals surface area contributed by atoms with Crippen molar-refractivity contribution < 1.29 is 4.52 Å². The molecule has 2 heterocycles. The van der Waals surface area contributed by atoms with E-state index in [1.165, 1.54) is 0 Å². The molecule has 2 N–H and O–H groups in total. The van der Waals surface area contributed by atoms with E-state index in [0.717, 1.165) is 36.7 Å². The first-order valence-electron chi connectivity index (χ1n) is 9.25. The van der Waals surface area contributed by atoms with Crippen molar-refractivity contribution in [1.82, 2.24) is 25.8 Å². The zero-order valence-electron chi connectivity index (χ0n) is 15.7. The van der Waals surface area contributed by atoms with E-state index in [0.29, 0.717) is 29.7 Å². The molecule has 8 heteroatoms. The Hall–Kier alpha value is -2.93. The van der Waals surface area contributed by atoms with E-state index < -0.39 is 0 Å². The summed E-state index contributed by atoms with van der Waals surface area (Å²) < 4.78 is 5.32. The Morgan fingerprint density at radius 1 is 1.14 bits per heavy atom. The Kier molecular flexibility index (Phi) is 7.37. The third kappa shape index (κ3) is 6.06. The highest BCUT2D eigenvalue weighted by Gasteiger charge is 2.09. The molecule has 3 aromatic rings. The summed E-state index contributed by atoms with van der Waals surface area (Å²) in [4.78, 5) is 13.3. The van der Waals surface area contributed by atoms with Gasteiger partial charge in [-0.2, -0.15) is 4.98 Å². The molecule has 0 saturated carbocycles. The molecule has 0 saturated heterocycles. The number of aromatic nitrogens is 3. The van der Waals surface area contributed by atoms with Crippen molar-refractivity contribution in [1.29, 1.82) is 0 Å². The lowest BCUT2D eigenvalue weighted by atomic mass is 10.2. The molecule has 1 aromatic carbocycles. The summed E-state index contributed by atoms with van der Waals surface area (Å²) in [6.07, 6.45) is 3.19. The predicted octanol–water partition coefficient (Wildman–Crippen LogP) is 3.13. The molecule has 0 aliphatic heterocycles. The Labute approximate surface area is 169 Å². The first-order chi connectivity index (χ1) is 13.7. The van der Waals surface area contributed by atoms with Crippen molar-refractivity contribution >= 4 is 17.6 Å². The highest BCUT2D eigenvalue weighted by molar-refractivity contribution is 6.30. The number of benzene rings is 1. The minimum absolute atomic E-state index is 0.530. The average Bonchev–Trinajstić information content (AvgIpc) is 3.18. The van der Waals surface area contributed by atoms with E-state index in [1.54, 1.807) is 6.20 Å². The largest absolute Gasteiger partial charge is 0.357 e. The second-order valence-corrected chi connectivity index (χ2v) is 6.47. The molecule has 0 bridgehead atoms. The highest BCUT2D eigenvalue weighted by atomic mass is 35.5. The summed E-state index contributed by atoms with van der Waals surface area (Å²) in [5.41, 5.74) is 1.88. The molecular formula is C20H23ClN6O. The third-order valence-corrected chi connectivity index (χ3v) is 4.13. The smallest absolute Gasteiger partial charge is 0.228 e. The van der Waals surface area contributed by atoms with Crippen LogP contribution in [0.15, 0.2) is 58.2 Å². The zero-order valence-corrected chi connectivity index (χ0v) is 16.5. The molecule has 0 spiro atoms. The lowest BCUT2D eigenvalue weighted by Crippen LogP contribution is -2.38. The quantitative estimate of drug-likeness (QED) is 0.447. The summed E-state index contributed by atoms with van der Waals surface area (Å²) in [7, 11) is 0. The number of nitrogens with one attached hydrogen (secondary N) is 2. The normalized spacial score (nSPS) is 11.4. The monoisotopic (exact) mass is 398 g/mol. The van der Waals surface area contributed by atoms with Crippen molar-refractivity contribution in [3.63, 3.8) is 0 Å². The van der Waals surface area contributed by atoms with E-state index in [2.05, 4.69) is 30.8 Å². The molecule has 28 heavy (non-hydrogen) atoms. The van der Waals surface area contributed by atoms with Gasteiger partial charge in [0.05, 0.1) is 6.54 Å². The number of aliphatic imine (C=N–C) groups is 1. The van der Waals surface area contributed by atoms with Gasteiger partial charge >= 0.3 is 0 Å². The van der Waals surface area contributed by atoms with Gasteiger partial charge < -0.3 is 15.2 Å². The lowest BCUT2D eigenvalue weighted by molar-refractivity contribution is 0.380. The summed E-state index contributed by atoms with van der Waals surface area (Å²) >= 11 is 6.01. The second kappa shape index (κ2) is 10.4. The summed E-state index contributed by atoms with van der Waals surface area (Å²) in [6, 6.07) is 13.3. The van der Waals surface area contributed by atoms with E-state index in [1.807, 2.05) is 49.4 Å². The average molecular weight is 399 g/mol. The number of halogens is 1. The molecule has 3 rings (SSSR count). The molecule has 0 aliphatic rings. The second-order valence-electron chi connectivity index (χ2n) is 6.03. The van der Waals surface area contributed by atoms with E-state index in [9.17, 15) is 0 Å². The SMILES string of the molecule is CCNC(=NCCc1nc(-c2cccc(Cl)c2)no1)NCCc1ccccn1. The predicted molar refractivity (Wildman–Crippen MR) is 110 cm³/mol. The van der Waals surface area contributed by atoms with Crippen LogP contribution in [0.2, 0.25) is 5.02 Å². The van der Waals surface area contributed by atoms with Crippen LogP contribution >= 0.6 is 11.6 Å². The van der Waals surface area contributed by atoms with Gasteiger partial charge in [0.15, 0.2) is 5.96 Å². The molecule has 0 radical (unpaired) electrons. The van der Waals surface area contributed by atoms with Gasteiger partial charge in [-0.25, -0.2) is 0 Å². The fourth-order valence-corrected chi connectivity index (χ4v) is 2.75. The highest BCUT2D eigenvalue weighted by Crippen LogP contribution is 2.19. The van der Waals surface area contributed by atoms with Crippen LogP contribution in [-0.2, 0) is 12.8 Å². The van der Waals surface area contributed by atoms with Gasteiger partial charge in [-0.05, 0) is 31.2 Å². The van der Waals surface area contributed by atoms with Crippen LogP contribution in [-0.4, -0.2) is 40.7 Å². The fourth-order valence-electron chi connectivity index (χ4n) is 2.56. The van der Waals surface area contributed by atoms with E-state index in [4.69, 9.17) is 16.1 Å². The van der Waals surface area contributed by atoms with Crippen LogP contribution in [0.25, 0.3) is 11.4 Å². The first kappa shape index (κ1) is 19.8. The van der Waals surface area contributed by atoms with Crippen molar-refractivity contribution in [3.05, 3.63) is 65.3 Å². The molecule has 146 valence electrons. The van der Waals surface area contributed by atoms with Crippen LogP contribution < -0.4 is 10.6 Å². The first-order valence-corrected chi connectivity index (χ1v) is 9.63. The Balaban J connectivity index is 1.51. The van der Waals surface area contributed by atoms with Gasteiger partial charge in [0.25, 0.3) is 0 Å². The summed E-state index contributed by atoms with van der Waals surface area (Å²) in [5, 5.41) is 11.2. The summed E-state index contributed by atoms with van der Waals surface area (Å²) in [6.45, 7) is 4.11. The van der Waals surface area contributed by atoms with Crippen LogP contribution in [0, 0.1) is 0 Å². The molecular weight excluding hydrogens is 376 g/mol. The molecule has 0 aliphatic carbocycles. The molecule has 7 nitrogen and oxygen atoms in total. The van der Waals surface area contributed by atoms with Crippen LogP contribution in [0.3, 0.4) is 0 Å². The minimum atomic E-state index is 0.530. The molecule has 0 unspecified atom stereocenters. The van der Waals surface area contributed by atoms with Crippen molar-refractivity contribution in [2.45, 2.75) is 19.8 Å². The molecule has 2 aromatic heterocycles. The number of pyridine rings is 1. The number of nitrogens with zero attached hydrogens (tertiary/aromatic N) is 4. The number of rotatable bonds is 8. The third-order valence-electron chi connectivity index (χ3n) is 3.89. The molecule has 0 fully saturated rings.